The molecule has 0 spiro atoms. The fourth-order valence-electron chi connectivity index (χ4n) is 2.80. The van der Waals surface area contributed by atoms with Crippen molar-refractivity contribution in [1.29, 1.82) is 0 Å². The summed E-state index contributed by atoms with van der Waals surface area (Å²) in [6.45, 7) is 10.5. The molecular weight excluding hydrogens is 372 g/mol. The van der Waals surface area contributed by atoms with E-state index in [1.165, 1.54) is 11.6 Å². The van der Waals surface area contributed by atoms with Crippen LogP contribution >= 0.6 is 0 Å². The van der Waals surface area contributed by atoms with Crippen LogP contribution in [-0.4, -0.2) is 27.1 Å². The molecule has 0 radical (unpaired) electrons. The second-order valence-electron chi connectivity index (χ2n) is 8.27. The lowest BCUT2D eigenvalue weighted by Crippen LogP contribution is -2.30. The van der Waals surface area contributed by atoms with Gasteiger partial charge >= 0.3 is 0 Å². The van der Waals surface area contributed by atoms with Crippen molar-refractivity contribution in [3.8, 4) is 0 Å². The monoisotopic (exact) mass is 402 g/mol. The molecule has 0 saturated carbocycles. The maximum Gasteiger partial charge on any atom is 0.238 e. The van der Waals surface area contributed by atoms with Crippen molar-refractivity contribution in [2.45, 2.75) is 51.0 Å². The van der Waals surface area contributed by atoms with E-state index in [2.05, 4.69) is 55.7 Å². The summed E-state index contributed by atoms with van der Waals surface area (Å²) in [7, 11) is -3.32. The van der Waals surface area contributed by atoms with Crippen molar-refractivity contribution >= 4 is 21.4 Å². The normalized spacial score (nSPS) is 13.2. The quantitative estimate of drug-likeness (QED) is 0.766. The Morgan fingerprint density at radius 1 is 1.07 bits per heavy atom. The summed E-state index contributed by atoms with van der Waals surface area (Å²) >= 11 is 0. The zero-order chi connectivity index (χ0) is 21.1. The average molecular weight is 403 g/mol. The number of aryl methyl sites for hydroxylation is 1. The topological polar surface area (TPSA) is 75.3 Å². The first kappa shape index (κ1) is 22.1. The summed E-state index contributed by atoms with van der Waals surface area (Å²) in [5, 5.41) is 6.00. The molecule has 0 aliphatic heterocycles. The number of nitrogens with one attached hydrogen (secondary N) is 2. The molecule has 5 nitrogen and oxygen atoms in total. The van der Waals surface area contributed by atoms with E-state index in [0.29, 0.717) is 5.69 Å². The Morgan fingerprint density at radius 2 is 1.68 bits per heavy atom. The molecule has 1 atom stereocenters. The minimum absolute atomic E-state index is 0.0169. The Bertz CT molecular complexity index is 943. The third-order valence-electron chi connectivity index (χ3n) is 4.76. The summed E-state index contributed by atoms with van der Waals surface area (Å²) in [4.78, 5) is 12.5. The van der Waals surface area contributed by atoms with Gasteiger partial charge < -0.3 is 10.6 Å². The number of benzene rings is 2. The van der Waals surface area contributed by atoms with E-state index in [4.69, 9.17) is 0 Å². The van der Waals surface area contributed by atoms with Crippen molar-refractivity contribution in [1.82, 2.24) is 5.32 Å². The highest BCUT2D eigenvalue weighted by molar-refractivity contribution is 7.90. The second-order valence-corrected chi connectivity index (χ2v) is 10.3. The fourth-order valence-corrected chi connectivity index (χ4v) is 3.44. The standard InChI is InChI=1S/C22H30N2O3S/c1-15-7-12-19(28(6,26)27)13-20(15)24-21(25)14-23-16(2)17-8-10-18(11-9-17)22(3,4)5/h7-13,16,23H,14H2,1-6H3,(H,24,25)/t16-/m1/s1. The van der Waals surface area contributed by atoms with Crippen molar-refractivity contribution in [3.05, 3.63) is 59.2 Å². The first-order chi connectivity index (χ1) is 12.9. The highest BCUT2D eigenvalue weighted by Gasteiger charge is 2.15. The summed E-state index contributed by atoms with van der Waals surface area (Å²) in [5.41, 5.74) is 3.80. The molecule has 6 heteroatoms. The van der Waals surface area contributed by atoms with Crippen molar-refractivity contribution in [2.75, 3.05) is 18.1 Å². The molecule has 0 aliphatic rings. The van der Waals surface area contributed by atoms with Crippen LogP contribution in [-0.2, 0) is 20.0 Å². The number of hydrogen-bond acceptors (Lipinski definition) is 4. The van der Waals surface area contributed by atoms with E-state index in [1.54, 1.807) is 12.1 Å². The van der Waals surface area contributed by atoms with Crippen LogP contribution in [0.15, 0.2) is 47.4 Å². The Kier molecular flexibility index (Phi) is 6.67. The molecule has 2 N–H and O–H groups in total. The number of amides is 1. The highest BCUT2D eigenvalue weighted by atomic mass is 32.2. The SMILES string of the molecule is Cc1ccc(S(C)(=O)=O)cc1NC(=O)CN[C@H](C)c1ccc(C(C)(C)C)cc1. The number of rotatable bonds is 6. The van der Waals surface area contributed by atoms with Crippen molar-refractivity contribution in [2.24, 2.45) is 0 Å². The Labute approximate surface area is 168 Å². The Hall–Kier alpha value is -2.18. The van der Waals surface area contributed by atoms with Gasteiger partial charge in [-0.2, -0.15) is 0 Å². The second kappa shape index (κ2) is 8.45. The van der Waals surface area contributed by atoms with Crippen LogP contribution in [0.3, 0.4) is 0 Å². The lowest BCUT2D eigenvalue weighted by Gasteiger charge is -2.20. The van der Waals surface area contributed by atoms with Crippen LogP contribution in [0.4, 0.5) is 5.69 Å². The molecule has 2 aromatic rings. The predicted molar refractivity (Wildman–Crippen MR) is 114 cm³/mol. The number of anilines is 1. The molecule has 0 saturated heterocycles. The largest absolute Gasteiger partial charge is 0.325 e. The highest BCUT2D eigenvalue weighted by Crippen LogP contribution is 2.24. The smallest absolute Gasteiger partial charge is 0.238 e. The summed E-state index contributed by atoms with van der Waals surface area (Å²) < 4.78 is 23.4. The molecular formula is C22H30N2O3S. The summed E-state index contributed by atoms with van der Waals surface area (Å²) in [6, 6.07) is 13.1. The van der Waals surface area contributed by atoms with E-state index in [0.717, 1.165) is 17.4 Å². The van der Waals surface area contributed by atoms with Crippen LogP contribution in [0.2, 0.25) is 0 Å². The van der Waals surface area contributed by atoms with Gasteiger partial charge in [0.25, 0.3) is 0 Å². The molecule has 28 heavy (non-hydrogen) atoms. The fraction of sp³-hybridized carbons (Fsp3) is 0.409. The number of carbonyl (C=O) groups excluding carboxylic acids is 1. The van der Waals surface area contributed by atoms with Crippen LogP contribution in [0.25, 0.3) is 0 Å². The van der Waals surface area contributed by atoms with Gasteiger partial charge in [0.1, 0.15) is 0 Å². The summed E-state index contributed by atoms with van der Waals surface area (Å²) in [5.74, 6) is -0.216. The van der Waals surface area contributed by atoms with E-state index in [9.17, 15) is 13.2 Å². The maximum atomic E-state index is 12.3. The lowest BCUT2D eigenvalue weighted by atomic mass is 9.86. The van der Waals surface area contributed by atoms with Crippen molar-refractivity contribution in [3.63, 3.8) is 0 Å². The lowest BCUT2D eigenvalue weighted by molar-refractivity contribution is -0.115. The molecule has 0 unspecified atom stereocenters. The molecule has 0 aliphatic carbocycles. The van der Waals surface area contributed by atoms with Crippen LogP contribution < -0.4 is 10.6 Å². The molecule has 0 heterocycles. The Morgan fingerprint density at radius 3 is 2.21 bits per heavy atom. The van der Waals surface area contributed by atoms with E-state index in [1.807, 2.05) is 13.8 Å². The molecule has 1 amide bonds. The first-order valence-corrected chi connectivity index (χ1v) is 11.2. The zero-order valence-electron chi connectivity index (χ0n) is 17.5. The van der Waals surface area contributed by atoms with Gasteiger partial charge in [0.05, 0.1) is 11.4 Å². The third kappa shape index (κ3) is 5.91. The minimum Gasteiger partial charge on any atom is -0.325 e. The molecule has 2 aromatic carbocycles. The van der Waals surface area contributed by atoms with Gasteiger partial charge in [0.15, 0.2) is 9.84 Å². The average Bonchev–Trinajstić information content (AvgIpc) is 2.60. The van der Waals surface area contributed by atoms with Gasteiger partial charge in [0.2, 0.25) is 5.91 Å². The van der Waals surface area contributed by atoms with Gasteiger partial charge in [-0.05, 0) is 48.1 Å². The van der Waals surface area contributed by atoms with Gasteiger partial charge in [-0.15, -0.1) is 0 Å². The maximum absolute atomic E-state index is 12.3. The Balaban J connectivity index is 1.99. The number of carbonyl (C=O) groups is 1. The van der Waals surface area contributed by atoms with Crippen LogP contribution in [0.5, 0.6) is 0 Å². The van der Waals surface area contributed by atoms with Crippen molar-refractivity contribution < 1.29 is 13.2 Å². The minimum atomic E-state index is -3.32. The third-order valence-corrected chi connectivity index (χ3v) is 5.87. The van der Waals surface area contributed by atoms with E-state index < -0.39 is 9.84 Å². The van der Waals surface area contributed by atoms with Crippen LogP contribution in [0.1, 0.15) is 50.4 Å². The predicted octanol–water partition coefficient (Wildman–Crippen LogP) is 3.99. The number of sulfone groups is 1. The van der Waals surface area contributed by atoms with Gasteiger partial charge in [-0.3, -0.25) is 4.79 Å². The molecule has 0 aromatic heterocycles. The van der Waals surface area contributed by atoms with Gasteiger partial charge in [-0.1, -0.05) is 51.1 Å². The van der Waals surface area contributed by atoms with Crippen LogP contribution in [0, 0.1) is 6.92 Å². The summed E-state index contributed by atoms with van der Waals surface area (Å²) in [6.07, 6.45) is 1.15. The van der Waals surface area contributed by atoms with Gasteiger partial charge in [0, 0.05) is 18.0 Å². The zero-order valence-corrected chi connectivity index (χ0v) is 18.3. The number of hydrogen-bond donors (Lipinski definition) is 2. The first-order valence-electron chi connectivity index (χ1n) is 9.32. The van der Waals surface area contributed by atoms with E-state index in [-0.39, 0.29) is 28.8 Å². The van der Waals surface area contributed by atoms with Gasteiger partial charge in [-0.25, -0.2) is 8.42 Å². The van der Waals surface area contributed by atoms with E-state index >= 15 is 0 Å². The molecule has 152 valence electrons. The molecule has 2 rings (SSSR count). The molecule has 0 fully saturated rings. The molecule has 0 bridgehead atoms.